The van der Waals surface area contributed by atoms with E-state index in [2.05, 4.69) is 51.4 Å². The summed E-state index contributed by atoms with van der Waals surface area (Å²) in [6.45, 7) is 6.08. The Morgan fingerprint density at radius 3 is 2.83 bits per heavy atom. The van der Waals surface area contributed by atoms with Gasteiger partial charge >= 0.3 is 0 Å². The summed E-state index contributed by atoms with van der Waals surface area (Å²) in [5.41, 5.74) is 2.65. The number of likely N-dealkylation sites (tertiary alicyclic amines) is 2. The minimum Gasteiger partial charge on any atom is -0.356 e. The first-order valence-corrected chi connectivity index (χ1v) is 11.2. The molecule has 4 rings (SSSR count). The lowest BCUT2D eigenvalue weighted by Crippen LogP contribution is -2.45. The molecule has 2 saturated heterocycles. The third-order valence-electron chi connectivity index (χ3n) is 6.73. The zero-order valence-corrected chi connectivity index (χ0v) is 17.9. The van der Waals surface area contributed by atoms with E-state index in [0.717, 1.165) is 57.9 Å². The fraction of sp³-hybridized carbons (Fsp3) is 0.652. The summed E-state index contributed by atoms with van der Waals surface area (Å²) in [5, 5.41) is 3.65. The van der Waals surface area contributed by atoms with E-state index in [0.29, 0.717) is 17.7 Å². The summed E-state index contributed by atoms with van der Waals surface area (Å²) in [5.74, 6) is 2.42. The van der Waals surface area contributed by atoms with Gasteiger partial charge < -0.3 is 20.0 Å². The second-order valence-corrected chi connectivity index (χ2v) is 8.84. The Labute approximate surface area is 175 Å². The molecule has 3 aliphatic heterocycles. The van der Waals surface area contributed by atoms with E-state index in [9.17, 15) is 4.79 Å². The highest BCUT2D eigenvalue weighted by Crippen LogP contribution is 2.38. The lowest BCUT2D eigenvalue weighted by atomic mass is 9.98. The van der Waals surface area contributed by atoms with Crippen molar-refractivity contribution in [3.05, 3.63) is 29.8 Å². The summed E-state index contributed by atoms with van der Waals surface area (Å²) in [6.07, 6.45) is 5.33. The zero-order chi connectivity index (χ0) is 20.2. The van der Waals surface area contributed by atoms with Crippen molar-refractivity contribution in [3.8, 4) is 0 Å². The standard InChI is InChI=1S/C23H35N5O/c1-24-23(25-15-18-7-5-12-26(2)16-18)28-17-19(20-8-3-4-9-21(20)28)11-14-27-13-6-10-22(27)29/h3-4,8-9,18-19H,5-7,10-17H2,1-2H3,(H,24,25). The third kappa shape index (κ3) is 4.58. The number of nitrogens with zero attached hydrogens (tertiary/aromatic N) is 4. The molecule has 0 aliphatic carbocycles. The predicted octanol–water partition coefficient (Wildman–Crippen LogP) is 2.52. The predicted molar refractivity (Wildman–Crippen MR) is 119 cm³/mol. The topological polar surface area (TPSA) is 51.2 Å². The van der Waals surface area contributed by atoms with Gasteiger partial charge in [-0.15, -0.1) is 0 Å². The van der Waals surface area contributed by atoms with Crippen LogP contribution < -0.4 is 10.2 Å². The number of rotatable bonds is 5. The molecule has 3 aliphatic rings. The van der Waals surface area contributed by atoms with E-state index in [1.807, 2.05) is 11.9 Å². The normalized spacial score (nSPS) is 25.6. The number of benzene rings is 1. The molecule has 0 bridgehead atoms. The molecule has 0 radical (unpaired) electrons. The van der Waals surface area contributed by atoms with Crippen molar-refractivity contribution in [2.75, 3.05) is 58.3 Å². The minimum atomic E-state index is 0.322. The largest absolute Gasteiger partial charge is 0.356 e. The van der Waals surface area contributed by atoms with Gasteiger partial charge in [0.1, 0.15) is 0 Å². The van der Waals surface area contributed by atoms with E-state index in [-0.39, 0.29) is 0 Å². The number of aliphatic imine (C=N–C) groups is 1. The minimum absolute atomic E-state index is 0.322. The Morgan fingerprint density at radius 2 is 2.07 bits per heavy atom. The molecule has 0 aromatic heterocycles. The van der Waals surface area contributed by atoms with Gasteiger partial charge in [-0.1, -0.05) is 18.2 Å². The molecule has 0 spiro atoms. The number of piperidine rings is 1. The highest BCUT2D eigenvalue weighted by Gasteiger charge is 2.32. The maximum Gasteiger partial charge on any atom is 0.222 e. The lowest BCUT2D eigenvalue weighted by Gasteiger charge is -2.31. The van der Waals surface area contributed by atoms with Gasteiger partial charge in [-0.05, 0) is 56.8 Å². The molecular weight excluding hydrogens is 362 g/mol. The van der Waals surface area contributed by atoms with Crippen LogP contribution in [0.4, 0.5) is 5.69 Å². The summed E-state index contributed by atoms with van der Waals surface area (Å²) in [7, 11) is 4.10. The smallest absolute Gasteiger partial charge is 0.222 e. The fourth-order valence-corrected chi connectivity index (χ4v) is 5.17. The van der Waals surface area contributed by atoms with Crippen molar-refractivity contribution in [2.24, 2.45) is 10.9 Å². The van der Waals surface area contributed by atoms with Crippen LogP contribution in [-0.4, -0.2) is 75.0 Å². The Kier molecular flexibility index (Phi) is 6.38. The molecule has 1 amide bonds. The molecule has 2 unspecified atom stereocenters. The molecule has 3 heterocycles. The molecule has 2 fully saturated rings. The van der Waals surface area contributed by atoms with Crippen LogP contribution in [0.25, 0.3) is 0 Å². The van der Waals surface area contributed by atoms with Gasteiger partial charge in [0.15, 0.2) is 5.96 Å². The van der Waals surface area contributed by atoms with Crippen molar-refractivity contribution < 1.29 is 4.79 Å². The quantitative estimate of drug-likeness (QED) is 0.613. The second kappa shape index (κ2) is 9.16. The first-order valence-electron chi connectivity index (χ1n) is 11.2. The number of carbonyl (C=O) groups excluding carboxylic acids is 1. The molecule has 158 valence electrons. The summed E-state index contributed by atoms with van der Waals surface area (Å²) >= 11 is 0. The highest BCUT2D eigenvalue weighted by molar-refractivity contribution is 5.98. The van der Waals surface area contributed by atoms with Crippen LogP contribution in [0.2, 0.25) is 0 Å². The van der Waals surface area contributed by atoms with Crippen molar-refractivity contribution >= 4 is 17.6 Å². The molecule has 1 aromatic carbocycles. The molecule has 29 heavy (non-hydrogen) atoms. The Morgan fingerprint density at radius 1 is 1.21 bits per heavy atom. The number of anilines is 1. The van der Waals surface area contributed by atoms with Crippen molar-refractivity contribution in [1.82, 2.24) is 15.1 Å². The molecule has 1 N–H and O–H groups in total. The molecule has 2 atom stereocenters. The van der Waals surface area contributed by atoms with Gasteiger partial charge in [0.05, 0.1) is 0 Å². The number of carbonyl (C=O) groups is 1. The summed E-state index contributed by atoms with van der Waals surface area (Å²) in [6, 6.07) is 8.69. The Balaban J connectivity index is 1.40. The van der Waals surface area contributed by atoms with Crippen LogP contribution in [0, 0.1) is 5.92 Å². The van der Waals surface area contributed by atoms with Crippen LogP contribution in [0.15, 0.2) is 29.3 Å². The van der Waals surface area contributed by atoms with E-state index in [4.69, 9.17) is 0 Å². The number of amides is 1. The summed E-state index contributed by atoms with van der Waals surface area (Å²) in [4.78, 5) is 23.4. The molecule has 0 saturated carbocycles. The third-order valence-corrected chi connectivity index (χ3v) is 6.73. The molecule has 6 nitrogen and oxygen atoms in total. The van der Waals surface area contributed by atoms with Crippen LogP contribution in [0.5, 0.6) is 0 Å². The van der Waals surface area contributed by atoms with Crippen LogP contribution in [0.1, 0.15) is 43.6 Å². The van der Waals surface area contributed by atoms with Gasteiger partial charge in [-0.2, -0.15) is 0 Å². The highest BCUT2D eigenvalue weighted by atomic mass is 16.2. The van der Waals surface area contributed by atoms with E-state index < -0.39 is 0 Å². The van der Waals surface area contributed by atoms with Crippen LogP contribution in [-0.2, 0) is 4.79 Å². The lowest BCUT2D eigenvalue weighted by molar-refractivity contribution is -0.127. The Bertz CT molecular complexity index is 749. The van der Waals surface area contributed by atoms with Gasteiger partial charge in [0.25, 0.3) is 0 Å². The van der Waals surface area contributed by atoms with Gasteiger partial charge in [0, 0.05) is 57.8 Å². The van der Waals surface area contributed by atoms with Crippen LogP contribution in [0.3, 0.4) is 0 Å². The monoisotopic (exact) mass is 397 g/mol. The summed E-state index contributed by atoms with van der Waals surface area (Å²) < 4.78 is 0. The maximum absolute atomic E-state index is 12.0. The molecule has 1 aromatic rings. The average Bonchev–Trinajstić information content (AvgIpc) is 3.31. The van der Waals surface area contributed by atoms with Crippen LogP contribution >= 0.6 is 0 Å². The van der Waals surface area contributed by atoms with Crippen molar-refractivity contribution in [2.45, 2.75) is 38.0 Å². The number of nitrogens with one attached hydrogen (secondary N) is 1. The zero-order valence-electron chi connectivity index (χ0n) is 17.9. The molecular formula is C23H35N5O. The number of guanidine groups is 1. The number of para-hydroxylation sites is 1. The maximum atomic E-state index is 12.0. The van der Waals surface area contributed by atoms with Gasteiger partial charge in [-0.25, -0.2) is 0 Å². The number of hydrogen-bond acceptors (Lipinski definition) is 3. The van der Waals surface area contributed by atoms with E-state index in [1.165, 1.54) is 30.6 Å². The SMILES string of the molecule is CN=C(NCC1CCCN(C)C1)N1CC(CCN2CCCC2=O)c2ccccc21. The molecule has 6 heteroatoms. The first kappa shape index (κ1) is 20.2. The van der Waals surface area contributed by atoms with E-state index >= 15 is 0 Å². The fourth-order valence-electron chi connectivity index (χ4n) is 5.17. The second-order valence-electron chi connectivity index (χ2n) is 8.84. The Hall–Kier alpha value is -2.08. The van der Waals surface area contributed by atoms with E-state index in [1.54, 1.807) is 0 Å². The first-order chi connectivity index (χ1) is 14.2. The number of hydrogen-bond donors (Lipinski definition) is 1. The van der Waals surface area contributed by atoms with Crippen molar-refractivity contribution in [1.29, 1.82) is 0 Å². The average molecular weight is 398 g/mol. The van der Waals surface area contributed by atoms with Gasteiger partial charge in [-0.3, -0.25) is 9.79 Å². The number of fused-ring (bicyclic) bond motifs is 1. The van der Waals surface area contributed by atoms with Gasteiger partial charge in [0.2, 0.25) is 5.91 Å². The van der Waals surface area contributed by atoms with Crippen molar-refractivity contribution in [3.63, 3.8) is 0 Å².